The van der Waals surface area contributed by atoms with Crippen molar-refractivity contribution in [2.45, 2.75) is 71.8 Å². The fourth-order valence-electron chi connectivity index (χ4n) is 1.37. The van der Waals surface area contributed by atoms with Crippen LogP contribution in [0.4, 0.5) is 0 Å². The highest BCUT2D eigenvalue weighted by Gasteiger charge is 2.16. The predicted molar refractivity (Wildman–Crippen MR) is 69.0 cm³/mol. The van der Waals surface area contributed by atoms with Crippen LogP contribution in [0.2, 0.25) is 0 Å². The molecule has 0 amide bonds. The van der Waals surface area contributed by atoms with Crippen molar-refractivity contribution in [3.8, 4) is 0 Å². The Balaban J connectivity index is 0. The summed E-state index contributed by atoms with van der Waals surface area (Å²) in [5, 5.41) is 0. The molecule has 0 saturated carbocycles. The fourth-order valence-corrected chi connectivity index (χ4v) is 1.37. The number of rotatable bonds is 8. The Hall–Kier alpha value is 0.492. The molecule has 0 spiro atoms. The predicted octanol–water partition coefficient (Wildman–Crippen LogP) is 2.98. The first-order valence-corrected chi connectivity index (χ1v) is 5.76. The van der Waals surface area contributed by atoms with E-state index in [1.165, 1.54) is 38.5 Å². The molecule has 14 heavy (non-hydrogen) atoms. The molecule has 0 aliphatic heterocycles. The van der Waals surface area contributed by atoms with Crippen LogP contribution in [-0.2, 0) is 4.74 Å². The van der Waals surface area contributed by atoms with Crippen LogP contribution >= 0.6 is 0 Å². The fraction of sp³-hybridized carbons (Fsp3) is 1.00. The Labute approximate surface area is 101 Å². The van der Waals surface area contributed by atoms with E-state index in [4.69, 9.17) is 4.74 Å². The second kappa shape index (κ2) is 10.0. The number of hydrogen-bond donors (Lipinski definition) is 0. The van der Waals surface area contributed by atoms with E-state index < -0.39 is 0 Å². The summed E-state index contributed by atoms with van der Waals surface area (Å²) in [7, 11) is 0. The third-order valence-electron chi connectivity index (χ3n) is 2.37. The molecule has 0 fully saturated rings. The maximum absolute atomic E-state index is 5.82. The minimum Gasteiger partial charge on any atom is -0.376 e. The highest BCUT2D eigenvalue weighted by Crippen LogP contribution is 2.18. The molecule has 86 valence electrons. The van der Waals surface area contributed by atoms with Crippen molar-refractivity contribution in [1.29, 1.82) is 0 Å². The van der Waals surface area contributed by atoms with Gasteiger partial charge in [0.25, 0.3) is 0 Å². The van der Waals surface area contributed by atoms with Crippen molar-refractivity contribution in [2.24, 2.45) is 0 Å². The smallest absolute Gasteiger partial charge is 0.187 e. The largest absolute Gasteiger partial charge is 0.376 e. The lowest BCUT2D eigenvalue weighted by molar-refractivity contribution is -0.0261. The third-order valence-corrected chi connectivity index (χ3v) is 2.37. The molecule has 0 rings (SSSR count). The maximum Gasteiger partial charge on any atom is 0.187 e. The first-order chi connectivity index (χ1) is 6.12. The van der Waals surface area contributed by atoms with Gasteiger partial charge in [-0.1, -0.05) is 39.5 Å². The SMILES string of the molecule is CCCCCC(C)(C)OCCCC.[AlH3]. The van der Waals surface area contributed by atoms with E-state index in [1.807, 2.05) is 0 Å². The molecule has 0 aromatic carbocycles. The lowest BCUT2D eigenvalue weighted by atomic mass is 10.0. The molecular weight excluding hydrogens is 187 g/mol. The zero-order valence-electron chi connectivity index (χ0n) is 9.86. The summed E-state index contributed by atoms with van der Waals surface area (Å²) in [5.74, 6) is 0. The van der Waals surface area contributed by atoms with E-state index in [2.05, 4.69) is 27.7 Å². The van der Waals surface area contributed by atoms with E-state index >= 15 is 0 Å². The van der Waals surface area contributed by atoms with Gasteiger partial charge in [0.2, 0.25) is 0 Å². The second-order valence-corrected chi connectivity index (χ2v) is 4.42. The van der Waals surface area contributed by atoms with Crippen molar-refractivity contribution in [1.82, 2.24) is 0 Å². The average molecular weight is 216 g/mol. The Morgan fingerprint density at radius 1 is 0.929 bits per heavy atom. The van der Waals surface area contributed by atoms with E-state index in [0.717, 1.165) is 6.61 Å². The van der Waals surface area contributed by atoms with Gasteiger partial charge in [-0.3, -0.25) is 0 Å². The van der Waals surface area contributed by atoms with Crippen molar-refractivity contribution in [3.63, 3.8) is 0 Å². The van der Waals surface area contributed by atoms with Crippen molar-refractivity contribution >= 4 is 17.4 Å². The Morgan fingerprint density at radius 2 is 1.50 bits per heavy atom. The Kier molecular flexibility index (Phi) is 12.1. The summed E-state index contributed by atoms with van der Waals surface area (Å²) in [4.78, 5) is 0. The van der Waals surface area contributed by atoms with Crippen molar-refractivity contribution in [3.05, 3.63) is 0 Å². The van der Waals surface area contributed by atoms with Crippen LogP contribution < -0.4 is 0 Å². The number of ether oxygens (including phenoxy) is 1. The van der Waals surface area contributed by atoms with Crippen LogP contribution in [0.3, 0.4) is 0 Å². The standard InChI is InChI=1S/C12H26O.Al.3H/c1-5-7-9-10-12(3,4)13-11-8-6-2;;;;/h5-11H2,1-4H3;;;;. The minimum absolute atomic E-state index is 0. The third kappa shape index (κ3) is 10.6. The van der Waals surface area contributed by atoms with Gasteiger partial charge in [0.1, 0.15) is 0 Å². The van der Waals surface area contributed by atoms with Gasteiger partial charge in [-0.2, -0.15) is 0 Å². The van der Waals surface area contributed by atoms with E-state index in [9.17, 15) is 0 Å². The lowest BCUT2D eigenvalue weighted by Crippen LogP contribution is -2.24. The molecule has 0 N–H and O–H groups in total. The first kappa shape index (κ1) is 16.9. The molecular formula is C12H29AlO. The van der Waals surface area contributed by atoms with E-state index in [-0.39, 0.29) is 23.0 Å². The van der Waals surface area contributed by atoms with Gasteiger partial charge in [0.15, 0.2) is 17.4 Å². The second-order valence-electron chi connectivity index (χ2n) is 4.42. The molecule has 0 aromatic heterocycles. The van der Waals surface area contributed by atoms with Crippen molar-refractivity contribution in [2.75, 3.05) is 6.61 Å². The zero-order chi connectivity index (χ0) is 10.2. The molecule has 0 aliphatic carbocycles. The zero-order valence-corrected chi connectivity index (χ0v) is 9.86. The van der Waals surface area contributed by atoms with Crippen molar-refractivity contribution < 1.29 is 4.74 Å². The van der Waals surface area contributed by atoms with E-state index in [1.54, 1.807) is 0 Å². The van der Waals surface area contributed by atoms with Crippen LogP contribution in [0, 0.1) is 0 Å². The number of hydrogen-bond acceptors (Lipinski definition) is 1. The van der Waals surface area contributed by atoms with Crippen LogP contribution in [0.5, 0.6) is 0 Å². The maximum atomic E-state index is 5.82. The van der Waals surface area contributed by atoms with Gasteiger partial charge in [0, 0.05) is 6.61 Å². The molecule has 0 heterocycles. The highest BCUT2D eigenvalue weighted by atomic mass is 27.0. The molecule has 0 atom stereocenters. The van der Waals surface area contributed by atoms with Gasteiger partial charge in [0.05, 0.1) is 5.60 Å². The highest BCUT2D eigenvalue weighted by molar-refractivity contribution is 5.75. The molecule has 0 aromatic rings. The molecule has 0 radical (unpaired) electrons. The summed E-state index contributed by atoms with van der Waals surface area (Å²) in [6, 6.07) is 0. The van der Waals surface area contributed by atoms with Crippen LogP contribution in [0.1, 0.15) is 66.2 Å². The molecule has 0 aliphatic rings. The summed E-state index contributed by atoms with van der Waals surface area (Å²) < 4.78 is 5.82. The monoisotopic (exact) mass is 216 g/mol. The molecule has 1 nitrogen and oxygen atoms in total. The number of unbranched alkanes of at least 4 members (excludes halogenated alkanes) is 3. The summed E-state index contributed by atoms with van der Waals surface area (Å²) in [6.45, 7) is 9.78. The summed E-state index contributed by atoms with van der Waals surface area (Å²) in [6.07, 6.45) is 7.55. The minimum atomic E-state index is 0. The van der Waals surface area contributed by atoms with Gasteiger partial charge in [-0.05, 0) is 26.7 Å². The summed E-state index contributed by atoms with van der Waals surface area (Å²) in [5.41, 5.74) is 0.102. The normalized spacial score (nSPS) is 11.1. The molecule has 0 unspecified atom stereocenters. The van der Waals surface area contributed by atoms with Gasteiger partial charge in [-0.25, -0.2) is 0 Å². The summed E-state index contributed by atoms with van der Waals surface area (Å²) >= 11 is 0. The van der Waals surface area contributed by atoms with Gasteiger partial charge >= 0.3 is 0 Å². The quantitative estimate of drug-likeness (QED) is 0.448. The van der Waals surface area contributed by atoms with Crippen LogP contribution in [0.25, 0.3) is 0 Å². The molecule has 0 bridgehead atoms. The van der Waals surface area contributed by atoms with Crippen LogP contribution in [-0.4, -0.2) is 29.6 Å². The Bertz CT molecular complexity index is 101. The average Bonchev–Trinajstić information content (AvgIpc) is 2.05. The van der Waals surface area contributed by atoms with Crippen LogP contribution in [0.15, 0.2) is 0 Å². The molecule has 2 heteroatoms. The first-order valence-electron chi connectivity index (χ1n) is 5.76. The molecule has 0 saturated heterocycles. The lowest BCUT2D eigenvalue weighted by Gasteiger charge is -2.25. The topological polar surface area (TPSA) is 9.23 Å². The van der Waals surface area contributed by atoms with Gasteiger partial charge in [-0.15, -0.1) is 0 Å². The van der Waals surface area contributed by atoms with Gasteiger partial charge < -0.3 is 4.74 Å². The van der Waals surface area contributed by atoms with E-state index in [0.29, 0.717) is 0 Å². The Morgan fingerprint density at radius 3 is 2.00 bits per heavy atom.